The molecule has 0 atom stereocenters. The van der Waals surface area contributed by atoms with Gasteiger partial charge in [-0.3, -0.25) is 9.59 Å². The number of amides is 2. The van der Waals surface area contributed by atoms with Gasteiger partial charge in [0.05, 0.1) is 11.1 Å². The van der Waals surface area contributed by atoms with Crippen LogP contribution in [0.25, 0.3) is 0 Å². The molecule has 5 nitrogen and oxygen atoms in total. The standard InChI is InChI=1S/C26H23NO4/c1-2-3-18-26(19-12-6-4-7-13-19,20-14-8-5-9-15-20)25(30)31-27-23(28)21-16-10-11-17-22(21)24(27)29/h4-17H,2-3,18H2,1H3. The van der Waals surface area contributed by atoms with E-state index in [0.717, 1.165) is 24.0 Å². The summed E-state index contributed by atoms with van der Waals surface area (Å²) >= 11 is 0. The van der Waals surface area contributed by atoms with E-state index in [2.05, 4.69) is 6.92 Å². The number of imide groups is 1. The van der Waals surface area contributed by atoms with Crippen molar-refractivity contribution in [3.05, 3.63) is 107 Å². The first-order valence-electron chi connectivity index (χ1n) is 10.4. The minimum Gasteiger partial charge on any atom is -0.328 e. The van der Waals surface area contributed by atoms with Gasteiger partial charge in [-0.1, -0.05) is 97.6 Å². The van der Waals surface area contributed by atoms with Gasteiger partial charge in [-0.05, 0) is 29.7 Å². The third-order valence-electron chi connectivity index (χ3n) is 5.72. The first kappa shape index (κ1) is 20.5. The Balaban J connectivity index is 1.78. The van der Waals surface area contributed by atoms with Gasteiger partial charge in [-0.25, -0.2) is 4.79 Å². The van der Waals surface area contributed by atoms with Crippen LogP contribution in [0.4, 0.5) is 0 Å². The van der Waals surface area contributed by atoms with E-state index < -0.39 is 23.2 Å². The number of carbonyl (C=O) groups excluding carboxylic acids is 3. The highest BCUT2D eigenvalue weighted by Crippen LogP contribution is 2.39. The number of hydroxylamine groups is 2. The van der Waals surface area contributed by atoms with Crippen LogP contribution in [0.2, 0.25) is 0 Å². The Labute approximate surface area is 181 Å². The molecule has 0 radical (unpaired) electrons. The number of unbranched alkanes of at least 4 members (excludes halogenated alkanes) is 1. The average Bonchev–Trinajstić information content (AvgIpc) is 3.06. The normalized spacial score (nSPS) is 13.3. The molecule has 1 aliphatic rings. The average molecular weight is 413 g/mol. The largest absolute Gasteiger partial charge is 0.348 e. The van der Waals surface area contributed by atoms with Crippen molar-refractivity contribution in [3.8, 4) is 0 Å². The lowest BCUT2D eigenvalue weighted by atomic mass is 9.71. The van der Waals surface area contributed by atoms with E-state index in [4.69, 9.17) is 4.84 Å². The summed E-state index contributed by atoms with van der Waals surface area (Å²) in [7, 11) is 0. The summed E-state index contributed by atoms with van der Waals surface area (Å²) in [5.41, 5.74) is 0.846. The second kappa shape index (κ2) is 8.56. The third-order valence-corrected chi connectivity index (χ3v) is 5.72. The zero-order valence-electron chi connectivity index (χ0n) is 17.3. The van der Waals surface area contributed by atoms with E-state index in [1.54, 1.807) is 24.3 Å². The summed E-state index contributed by atoms with van der Waals surface area (Å²) in [5, 5.41) is 0.597. The Morgan fingerprint density at radius 1 is 0.774 bits per heavy atom. The highest BCUT2D eigenvalue weighted by molar-refractivity contribution is 6.21. The van der Waals surface area contributed by atoms with Crippen LogP contribution in [0, 0.1) is 0 Å². The molecule has 0 aromatic heterocycles. The van der Waals surface area contributed by atoms with Crippen molar-refractivity contribution in [2.75, 3.05) is 0 Å². The van der Waals surface area contributed by atoms with Crippen molar-refractivity contribution < 1.29 is 19.2 Å². The van der Waals surface area contributed by atoms with Crippen molar-refractivity contribution in [1.29, 1.82) is 0 Å². The molecule has 156 valence electrons. The second-order valence-electron chi connectivity index (χ2n) is 7.57. The Morgan fingerprint density at radius 3 is 1.68 bits per heavy atom. The van der Waals surface area contributed by atoms with Crippen LogP contribution in [0.3, 0.4) is 0 Å². The second-order valence-corrected chi connectivity index (χ2v) is 7.57. The fourth-order valence-corrected chi connectivity index (χ4v) is 4.09. The molecule has 0 fully saturated rings. The number of hydrogen-bond donors (Lipinski definition) is 0. The lowest BCUT2D eigenvalue weighted by Crippen LogP contribution is -2.44. The maximum atomic E-state index is 13.8. The van der Waals surface area contributed by atoms with Crippen molar-refractivity contribution in [2.24, 2.45) is 0 Å². The van der Waals surface area contributed by atoms with E-state index in [1.165, 1.54) is 0 Å². The quantitative estimate of drug-likeness (QED) is 0.516. The zero-order valence-corrected chi connectivity index (χ0v) is 17.3. The molecule has 0 aliphatic carbocycles. The Hall–Kier alpha value is -3.73. The number of fused-ring (bicyclic) bond motifs is 1. The highest BCUT2D eigenvalue weighted by Gasteiger charge is 2.47. The monoisotopic (exact) mass is 413 g/mol. The summed E-state index contributed by atoms with van der Waals surface area (Å²) in [5.74, 6) is -1.90. The Morgan fingerprint density at radius 2 is 1.23 bits per heavy atom. The fourth-order valence-electron chi connectivity index (χ4n) is 4.09. The molecular formula is C26H23NO4. The van der Waals surface area contributed by atoms with Crippen molar-refractivity contribution in [2.45, 2.75) is 31.6 Å². The molecule has 31 heavy (non-hydrogen) atoms. The van der Waals surface area contributed by atoms with E-state index >= 15 is 0 Å². The molecule has 0 bridgehead atoms. The molecule has 0 saturated carbocycles. The summed E-state index contributed by atoms with van der Waals surface area (Å²) in [4.78, 5) is 45.0. The molecule has 0 spiro atoms. The first-order chi connectivity index (χ1) is 15.1. The number of nitrogens with zero attached hydrogens (tertiary/aromatic N) is 1. The number of benzene rings is 3. The van der Waals surface area contributed by atoms with Gasteiger partial charge >= 0.3 is 5.97 Å². The van der Waals surface area contributed by atoms with Crippen molar-refractivity contribution >= 4 is 17.8 Å². The van der Waals surface area contributed by atoms with Gasteiger partial charge < -0.3 is 4.84 Å². The summed E-state index contributed by atoms with van der Waals surface area (Å²) in [6, 6.07) is 25.2. The molecule has 0 saturated heterocycles. The van der Waals surface area contributed by atoms with Gasteiger partial charge in [0, 0.05) is 0 Å². The maximum Gasteiger partial charge on any atom is 0.348 e. The molecule has 4 rings (SSSR count). The summed E-state index contributed by atoms with van der Waals surface area (Å²) in [6.07, 6.45) is 2.13. The molecule has 3 aromatic rings. The van der Waals surface area contributed by atoms with E-state index in [1.807, 2.05) is 60.7 Å². The zero-order chi connectivity index (χ0) is 21.8. The van der Waals surface area contributed by atoms with E-state index in [0.29, 0.717) is 11.5 Å². The van der Waals surface area contributed by atoms with E-state index in [-0.39, 0.29) is 11.1 Å². The van der Waals surface area contributed by atoms with Crippen molar-refractivity contribution in [1.82, 2.24) is 5.06 Å². The Bertz CT molecular complexity index is 1030. The third kappa shape index (κ3) is 3.52. The first-order valence-corrected chi connectivity index (χ1v) is 10.4. The number of carbonyl (C=O) groups is 3. The molecule has 5 heteroatoms. The highest BCUT2D eigenvalue weighted by atomic mass is 16.7. The van der Waals surface area contributed by atoms with Crippen LogP contribution in [0.15, 0.2) is 84.9 Å². The number of hydrogen-bond acceptors (Lipinski definition) is 4. The van der Waals surface area contributed by atoms with Crippen LogP contribution in [0.1, 0.15) is 58.0 Å². The Kier molecular flexibility index (Phi) is 5.67. The SMILES string of the molecule is CCCCC(C(=O)ON1C(=O)c2ccccc2C1=O)(c1ccccc1)c1ccccc1. The van der Waals surface area contributed by atoms with Gasteiger partial charge in [0.15, 0.2) is 0 Å². The van der Waals surface area contributed by atoms with Gasteiger partial charge in [-0.2, -0.15) is 0 Å². The van der Waals surface area contributed by atoms with Gasteiger partial charge in [0.25, 0.3) is 11.8 Å². The predicted molar refractivity (Wildman–Crippen MR) is 116 cm³/mol. The topological polar surface area (TPSA) is 63.7 Å². The minimum absolute atomic E-state index is 0.235. The smallest absolute Gasteiger partial charge is 0.328 e. The molecule has 1 heterocycles. The van der Waals surface area contributed by atoms with Crippen LogP contribution in [-0.4, -0.2) is 22.8 Å². The lowest BCUT2D eigenvalue weighted by Gasteiger charge is -2.33. The van der Waals surface area contributed by atoms with Crippen LogP contribution in [-0.2, 0) is 15.0 Å². The predicted octanol–water partition coefficient (Wildman–Crippen LogP) is 4.92. The molecule has 0 N–H and O–H groups in total. The van der Waals surface area contributed by atoms with E-state index in [9.17, 15) is 14.4 Å². The molecule has 3 aromatic carbocycles. The van der Waals surface area contributed by atoms with Gasteiger partial charge in [0.2, 0.25) is 0 Å². The van der Waals surface area contributed by atoms with Crippen LogP contribution in [0.5, 0.6) is 0 Å². The lowest BCUT2D eigenvalue weighted by molar-refractivity contribution is -0.174. The summed E-state index contributed by atoms with van der Waals surface area (Å²) < 4.78 is 0. The van der Waals surface area contributed by atoms with Gasteiger partial charge in [0.1, 0.15) is 5.41 Å². The van der Waals surface area contributed by atoms with Gasteiger partial charge in [-0.15, -0.1) is 0 Å². The molecular weight excluding hydrogens is 390 g/mol. The maximum absolute atomic E-state index is 13.8. The van der Waals surface area contributed by atoms with Crippen LogP contribution >= 0.6 is 0 Å². The molecule has 2 amide bonds. The van der Waals surface area contributed by atoms with Crippen molar-refractivity contribution in [3.63, 3.8) is 0 Å². The molecule has 0 unspecified atom stereocenters. The summed E-state index contributed by atoms with van der Waals surface area (Å²) in [6.45, 7) is 2.05. The fraction of sp³-hybridized carbons (Fsp3) is 0.192. The van der Waals surface area contributed by atoms with Crippen LogP contribution < -0.4 is 0 Å². The number of rotatable bonds is 7. The minimum atomic E-state index is -1.14. The molecule has 1 aliphatic heterocycles.